The average Bonchev–Trinajstić information content (AvgIpc) is 2.95. The van der Waals surface area contributed by atoms with Gasteiger partial charge >= 0.3 is 6.09 Å². The number of carbonyl (C=O) groups excluding carboxylic acids is 1. The zero-order chi connectivity index (χ0) is 29.7. The Morgan fingerprint density at radius 1 is 1.02 bits per heavy atom. The summed E-state index contributed by atoms with van der Waals surface area (Å²) in [6.45, 7) is 5.84. The number of aliphatic hydroxyl groups is 1. The fourth-order valence-corrected chi connectivity index (χ4v) is 3.68. The second-order valence-electron chi connectivity index (χ2n) is 10.2. The fourth-order valence-electron chi connectivity index (χ4n) is 3.68. The van der Waals surface area contributed by atoms with Crippen molar-refractivity contribution in [2.45, 2.75) is 38.9 Å². The van der Waals surface area contributed by atoms with Crippen molar-refractivity contribution >= 4 is 23.4 Å². The number of nitriles is 1. The highest BCUT2D eigenvalue weighted by molar-refractivity contribution is 5.96. The summed E-state index contributed by atoms with van der Waals surface area (Å²) in [5, 5.41) is 25.4. The van der Waals surface area contributed by atoms with Gasteiger partial charge in [0, 0.05) is 12.2 Å². The quantitative estimate of drug-likeness (QED) is 0.128. The molecule has 0 fully saturated rings. The number of rotatable bonds is 11. The number of para-hydroxylation sites is 1. The number of guanidine groups is 1. The molecule has 0 saturated heterocycles. The minimum absolute atomic E-state index is 0.0413. The monoisotopic (exact) mass is 559 g/mol. The second kappa shape index (κ2) is 15.1. The number of aliphatic imine (C=N–C) groups is 1. The lowest BCUT2D eigenvalue weighted by Crippen LogP contribution is -2.43. The maximum Gasteiger partial charge on any atom is 0.410 e. The van der Waals surface area contributed by atoms with E-state index < -0.39 is 17.8 Å². The van der Waals surface area contributed by atoms with Crippen LogP contribution in [0.3, 0.4) is 0 Å². The van der Waals surface area contributed by atoms with Gasteiger partial charge in [0.25, 0.3) is 0 Å². The normalized spacial score (nSPS) is 12.0. The molecule has 0 radical (unpaired) electrons. The van der Waals surface area contributed by atoms with Crippen LogP contribution < -0.4 is 20.1 Å². The van der Waals surface area contributed by atoms with Crippen LogP contribution in [0.15, 0.2) is 83.9 Å². The van der Waals surface area contributed by atoms with E-state index in [0.717, 1.165) is 17.0 Å². The van der Waals surface area contributed by atoms with Gasteiger partial charge in [-0.05, 0) is 81.3 Å². The van der Waals surface area contributed by atoms with Crippen LogP contribution in [0.4, 0.5) is 16.2 Å². The molecule has 1 atom stereocenters. The third kappa shape index (κ3) is 11.1. The van der Waals surface area contributed by atoms with Gasteiger partial charge in [-0.25, -0.2) is 9.79 Å². The molecule has 0 bridgehead atoms. The molecule has 10 heteroatoms. The molecule has 10 nitrogen and oxygen atoms in total. The lowest BCUT2D eigenvalue weighted by Gasteiger charge is -2.29. The number of benzene rings is 3. The first-order valence-corrected chi connectivity index (χ1v) is 13.2. The predicted molar refractivity (Wildman–Crippen MR) is 158 cm³/mol. The molecule has 0 aromatic heterocycles. The SMILES string of the molecule is COc1ccc(NC(=Nc2ccc(CCN(C[C@H](O)COc3ccccc3)C(=O)OC(C)(C)C)cc2)NC#N)cc1. The summed E-state index contributed by atoms with van der Waals surface area (Å²) in [6, 6.07) is 23.9. The van der Waals surface area contributed by atoms with Gasteiger partial charge in [0.1, 0.15) is 29.8 Å². The van der Waals surface area contributed by atoms with Gasteiger partial charge in [-0.2, -0.15) is 5.26 Å². The summed E-state index contributed by atoms with van der Waals surface area (Å²) < 4.78 is 16.4. The standard InChI is InChI=1S/C31H37N5O5/c1-31(2,3)41-30(38)36(20-26(37)21-40-28-8-6-5-7-9-28)19-18-23-10-12-24(13-11-23)34-29(33-22-32)35-25-14-16-27(39-4)17-15-25/h5-17,26,37H,18-21H2,1-4H3,(H2,33,34,35)/t26-/m0/s1. The van der Waals surface area contributed by atoms with Crippen LogP contribution in [-0.4, -0.2) is 60.6 Å². The average molecular weight is 560 g/mol. The maximum absolute atomic E-state index is 12.9. The Kier molecular flexibility index (Phi) is 11.4. The van der Waals surface area contributed by atoms with Gasteiger partial charge in [-0.1, -0.05) is 30.3 Å². The smallest absolute Gasteiger partial charge is 0.410 e. The predicted octanol–water partition coefficient (Wildman–Crippen LogP) is 5.08. The van der Waals surface area contributed by atoms with Crippen molar-refractivity contribution in [3.05, 3.63) is 84.4 Å². The Balaban J connectivity index is 1.63. The highest BCUT2D eigenvalue weighted by Gasteiger charge is 2.24. The summed E-state index contributed by atoms with van der Waals surface area (Å²) in [5.41, 5.74) is 1.66. The van der Waals surface area contributed by atoms with E-state index in [9.17, 15) is 9.90 Å². The zero-order valence-corrected chi connectivity index (χ0v) is 23.8. The number of hydrogen-bond acceptors (Lipinski definition) is 7. The van der Waals surface area contributed by atoms with Gasteiger partial charge in [-0.3, -0.25) is 5.32 Å². The van der Waals surface area contributed by atoms with E-state index in [4.69, 9.17) is 19.5 Å². The third-order valence-corrected chi connectivity index (χ3v) is 5.64. The Hall–Kier alpha value is -4.75. The Bertz CT molecular complexity index is 1300. The largest absolute Gasteiger partial charge is 0.497 e. The van der Waals surface area contributed by atoms with E-state index in [0.29, 0.717) is 24.4 Å². The number of anilines is 1. The lowest BCUT2D eigenvalue weighted by molar-refractivity contribution is 0.00944. The first kappa shape index (κ1) is 30.8. The van der Waals surface area contributed by atoms with Gasteiger partial charge in [0.2, 0.25) is 5.96 Å². The first-order chi connectivity index (χ1) is 19.6. The number of nitrogens with one attached hydrogen (secondary N) is 2. The molecular weight excluding hydrogens is 522 g/mol. The van der Waals surface area contributed by atoms with Crippen LogP contribution >= 0.6 is 0 Å². The zero-order valence-electron chi connectivity index (χ0n) is 23.8. The van der Waals surface area contributed by atoms with Crippen molar-refractivity contribution < 1.29 is 24.1 Å². The molecule has 3 rings (SSSR count). The summed E-state index contributed by atoms with van der Waals surface area (Å²) in [7, 11) is 1.59. The van der Waals surface area contributed by atoms with Crippen molar-refractivity contribution in [1.29, 1.82) is 5.26 Å². The maximum atomic E-state index is 12.9. The van der Waals surface area contributed by atoms with Gasteiger partial charge in [0.15, 0.2) is 6.19 Å². The van der Waals surface area contributed by atoms with E-state index in [1.165, 1.54) is 4.90 Å². The van der Waals surface area contributed by atoms with Crippen molar-refractivity contribution in [3.8, 4) is 17.7 Å². The number of nitrogens with zero attached hydrogens (tertiary/aromatic N) is 3. The second-order valence-corrected chi connectivity index (χ2v) is 10.2. The van der Waals surface area contributed by atoms with Crippen LogP contribution in [0.25, 0.3) is 0 Å². The number of amides is 1. The van der Waals surface area contributed by atoms with E-state index in [1.54, 1.807) is 52.1 Å². The lowest BCUT2D eigenvalue weighted by atomic mass is 10.1. The van der Waals surface area contributed by atoms with E-state index in [1.807, 2.05) is 60.8 Å². The molecule has 216 valence electrons. The van der Waals surface area contributed by atoms with Crippen molar-refractivity contribution in [1.82, 2.24) is 10.2 Å². The molecule has 0 saturated carbocycles. The summed E-state index contributed by atoms with van der Waals surface area (Å²) in [5.74, 6) is 1.64. The van der Waals surface area contributed by atoms with Crippen LogP contribution in [0.5, 0.6) is 11.5 Å². The number of ether oxygens (including phenoxy) is 3. The Labute approximate surface area is 241 Å². The number of methoxy groups -OCH3 is 1. The molecular formula is C31H37N5O5. The van der Waals surface area contributed by atoms with Crippen molar-refractivity contribution in [2.75, 3.05) is 32.1 Å². The van der Waals surface area contributed by atoms with Gasteiger partial charge < -0.3 is 29.5 Å². The van der Waals surface area contributed by atoms with Crippen LogP contribution in [-0.2, 0) is 11.2 Å². The molecule has 3 aromatic rings. The molecule has 3 aromatic carbocycles. The molecule has 0 aliphatic carbocycles. The van der Waals surface area contributed by atoms with E-state index >= 15 is 0 Å². The molecule has 0 aliphatic rings. The summed E-state index contributed by atoms with van der Waals surface area (Å²) >= 11 is 0. The van der Waals surface area contributed by atoms with Crippen LogP contribution in [0.2, 0.25) is 0 Å². The molecule has 0 spiro atoms. The highest BCUT2D eigenvalue weighted by atomic mass is 16.6. The topological polar surface area (TPSA) is 128 Å². The summed E-state index contributed by atoms with van der Waals surface area (Å²) in [4.78, 5) is 18.9. The number of aliphatic hydroxyl groups excluding tert-OH is 1. The molecule has 0 unspecified atom stereocenters. The number of carbonyl (C=O) groups is 1. The van der Waals surface area contributed by atoms with Crippen molar-refractivity contribution in [3.63, 3.8) is 0 Å². The molecule has 41 heavy (non-hydrogen) atoms. The first-order valence-electron chi connectivity index (χ1n) is 13.2. The summed E-state index contributed by atoms with van der Waals surface area (Å²) in [6.07, 6.45) is 1.01. The van der Waals surface area contributed by atoms with E-state index in [2.05, 4.69) is 15.6 Å². The number of hydrogen-bond donors (Lipinski definition) is 3. The van der Waals surface area contributed by atoms with Gasteiger partial charge in [0.05, 0.1) is 19.3 Å². The minimum atomic E-state index is -0.899. The molecule has 0 heterocycles. The third-order valence-electron chi connectivity index (χ3n) is 5.64. The van der Waals surface area contributed by atoms with Crippen LogP contribution in [0.1, 0.15) is 26.3 Å². The minimum Gasteiger partial charge on any atom is -0.497 e. The Morgan fingerprint density at radius 3 is 2.32 bits per heavy atom. The van der Waals surface area contributed by atoms with Crippen molar-refractivity contribution in [2.24, 2.45) is 4.99 Å². The highest BCUT2D eigenvalue weighted by Crippen LogP contribution is 2.18. The molecule has 0 aliphatic heterocycles. The van der Waals surface area contributed by atoms with Crippen LogP contribution in [0, 0.1) is 11.5 Å². The fraction of sp³-hybridized carbons (Fsp3) is 0.323. The van der Waals surface area contributed by atoms with Gasteiger partial charge in [-0.15, -0.1) is 0 Å². The van der Waals surface area contributed by atoms with E-state index in [-0.39, 0.29) is 19.1 Å². The Morgan fingerprint density at radius 2 is 1.71 bits per heavy atom. The molecule has 3 N–H and O–H groups in total. The molecule has 1 amide bonds.